The predicted molar refractivity (Wildman–Crippen MR) is 113 cm³/mol. The number of carbonyl (C=O) groups is 3. The van der Waals surface area contributed by atoms with Gasteiger partial charge in [0.15, 0.2) is 0 Å². The summed E-state index contributed by atoms with van der Waals surface area (Å²) in [7, 11) is 0. The molecule has 1 saturated heterocycles. The van der Waals surface area contributed by atoms with Crippen LogP contribution >= 0.6 is 15.9 Å². The molecule has 3 rings (SSSR count). The van der Waals surface area contributed by atoms with E-state index in [4.69, 9.17) is 4.74 Å². The molecule has 0 saturated carbocycles. The highest BCUT2D eigenvalue weighted by molar-refractivity contribution is 9.10. The standard InChI is InChI=1S/C21H20BrN3O4/c1-3-29-18-9-6-15(22)10-14(18)11-17-20(27)25(21(28)24-17)12-19(26)23-16-7-4-13(2)5-8-16/h4-11H,3,12H2,1-2H3,(H,23,26)(H,24,28)/b17-11+. The van der Waals surface area contributed by atoms with E-state index < -0.39 is 17.8 Å². The van der Waals surface area contributed by atoms with Crippen molar-refractivity contribution in [2.45, 2.75) is 13.8 Å². The van der Waals surface area contributed by atoms with Gasteiger partial charge in [0, 0.05) is 15.7 Å². The minimum Gasteiger partial charge on any atom is -0.493 e. The summed E-state index contributed by atoms with van der Waals surface area (Å²) in [5.74, 6) is -0.451. The average molecular weight is 458 g/mol. The van der Waals surface area contributed by atoms with Gasteiger partial charge >= 0.3 is 6.03 Å². The van der Waals surface area contributed by atoms with Crippen molar-refractivity contribution in [3.63, 3.8) is 0 Å². The van der Waals surface area contributed by atoms with Crippen molar-refractivity contribution in [3.8, 4) is 5.75 Å². The Morgan fingerprint density at radius 2 is 1.93 bits per heavy atom. The van der Waals surface area contributed by atoms with Crippen molar-refractivity contribution in [3.05, 3.63) is 63.8 Å². The van der Waals surface area contributed by atoms with E-state index in [2.05, 4.69) is 26.6 Å². The number of imide groups is 1. The third kappa shape index (κ3) is 5.03. The van der Waals surface area contributed by atoms with E-state index in [0.717, 1.165) is 14.9 Å². The topological polar surface area (TPSA) is 87.7 Å². The third-order valence-electron chi connectivity index (χ3n) is 4.17. The molecule has 4 amide bonds. The highest BCUT2D eigenvalue weighted by Gasteiger charge is 2.35. The van der Waals surface area contributed by atoms with Gasteiger partial charge in [0.1, 0.15) is 18.0 Å². The molecule has 0 radical (unpaired) electrons. The number of aryl methyl sites for hydroxylation is 1. The van der Waals surface area contributed by atoms with E-state index >= 15 is 0 Å². The van der Waals surface area contributed by atoms with Crippen LogP contribution < -0.4 is 15.4 Å². The lowest BCUT2D eigenvalue weighted by Gasteiger charge is -2.12. The second kappa shape index (κ2) is 8.91. The average Bonchev–Trinajstić information content (AvgIpc) is 2.93. The lowest BCUT2D eigenvalue weighted by atomic mass is 10.1. The number of hydrogen-bond donors (Lipinski definition) is 2. The molecule has 0 atom stereocenters. The summed E-state index contributed by atoms with van der Waals surface area (Å²) in [6, 6.07) is 12.0. The smallest absolute Gasteiger partial charge is 0.329 e. The lowest BCUT2D eigenvalue weighted by molar-refractivity contribution is -0.127. The molecule has 2 aromatic rings. The zero-order chi connectivity index (χ0) is 21.0. The van der Waals surface area contributed by atoms with Gasteiger partial charge in [-0.15, -0.1) is 0 Å². The number of rotatable bonds is 6. The number of hydrogen-bond acceptors (Lipinski definition) is 4. The molecule has 0 aromatic heterocycles. The van der Waals surface area contributed by atoms with Crippen LogP contribution in [0.3, 0.4) is 0 Å². The second-order valence-corrected chi connectivity index (χ2v) is 7.32. The van der Waals surface area contributed by atoms with E-state index in [1.165, 1.54) is 6.08 Å². The van der Waals surface area contributed by atoms with Crippen molar-refractivity contribution >= 4 is 45.5 Å². The molecular weight excluding hydrogens is 438 g/mol. The van der Waals surface area contributed by atoms with Gasteiger partial charge in [-0.25, -0.2) is 9.69 Å². The first-order valence-electron chi connectivity index (χ1n) is 9.01. The second-order valence-electron chi connectivity index (χ2n) is 6.41. The molecule has 8 heteroatoms. The van der Waals surface area contributed by atoms with Crippen molar-refractivity contribution in [1.29, 1.82) is 0 Å². The fourth-order valence-corrected chi connectivity index (χ4v) is 3.15. The Hall–Kier alpha value is -3.13. The van der Waals surface area contributed by atoms with Crippen molar-refractivity contribution in [2.24, 2.45) is 0 Å². The fraction of sp³-hybridized carbons (Fsp3) is 0.190. The minimum atomic E-state index is -0.645. The highest BCUT2D eigenvalue weighted by Crippen LogP contribution is 2.26. The van der Waals surface area contributed by atoms with Gasteiger partial charge in [-0.3, -0.25) is 9.59 Å². The Kier molecular flexibility index (Phi) is 6.33. The van der Waals surface area contributed by atoms with Crippen LogP contribution in [0.1, 0.15) is 18.1 Å². The largest absolute Gasteiger partial charge is 0.493 e. The van der Waals surface area contributed by atoms with Crippen LogP contribution in [-0.2, 0) is 9.59 Å². The van der Waals surface area contributed by atoms with Gasteiger partial charge in [-0.05, 0) is 50.3 Å². The molecule has 1 aliphatic heterocycles. The monoisotopic (exact) mass is 457 g/mol. The summed E-state index contributed by atoms with van der Waals surface area (Å²) in [6.45, 7) is 3.88. The maximum atomic E-state index is 12.6. The normalized spacial score (nSPS) is 14.9. The Morgan fingerprint density at radius 1 is 1.21 bits per heavy atom. The molecule has 0 aliphatic carbocycles. The lowest BCUT2D eigenvalue weighted by Crippen LogP contribution is -2.38. The predicted octanol–water partition coefficient (Wildman–Crippen LogP) is 3.69. The first-order chi connectivity index (χ1) is 13.9. The Balaban J connectivity index is 1.74. The summed E-state index contributed by atoms with van der Waals surface area (Å²) in [6.07, 6.45) is 1.54. The van der Waals surface area contributed by atoms with E-state index in [-0.39, 0.29) is 12.2 Å². The van der Waals surface area contributed by atoms with Crippen molar-refractivity contribution in [2.75, 3.05) is 18.5 Å². The van der Waals surface area contributed by atoms with Gasteiger partial charge in [0.25, 0.3) is 5.91 Å². The van der Waals surface area contributed by atoms with Gasteiger partial charge in [0.05, 0.1) is 6.61 Å². The number of nitrogens with one attached hydrogen (secondary N) is 2. The number of amides is 4. The third-order valence-corrected chi connectivity index (χ3v) is 4.66. The van der Waals surface area contributed by atoms with E-state index in [9.17, 15) is 14.4 Å². The van der Waals surface area contributed by atoms with Gasteiger partial charge in [0.2, 0.25) is 5.91 Å². The van der Waals surface area contributed by atoms with E-state index in [1.807, 2.05) is 32.0 Å². The quantitative estimate of drug-likeness (QED) is 0.511. The van der Waals surface area contributed by atoms with Gasteiger partial charge in [-0.1, -0.05) is 33.6 Å². The molecule has 150 valence electrons. The van der Waals surface area contributed by atoms with E-state index in [1.54, 1.807) is 24.3 Å². The number of ether oxygens (including phenoxy) is 1. The molecule has 0 unspecified atom stereocenters. The van der Waals surface area contributed by atoms with Gasteiger partial charge in [-0.2, -0.15) is 0 Å². The molecule has 0 spiro atoms. The Bertz CT molecular complexity index is 986. The molecule has 2 N–H and O–H groups in total. The van der Waals surface area contributed by atoms with Crippen molar-refractivity contribution in [1.82, 2.24) is 10.2 Å². The number of anilines is 1. The van der Waals surface area contributed by atoms with Crippen molar-refractivity contribution < 1.29 is 19.1 Å². The number of carbonyl (C=O) groups excluding carboxylic acids is 3. The molecule has 2 aromatic carbocycles. The maximum Gasteiger partial charge on any atom is 0.329 e. The summed E-state index contributed by atoms with van der Waals surface area (Å²) >= 11 is 3.38. The first kappa shape index (κ1) is 20.6. The number of nitrogens with zero attached hydrogens (tertiary/aromatic N) is 1. The van der Waals surface area contributed by atoms with Crippen LogP contribution in [0, 0.1) is 6.92 Å². The van der Waals surface area contributed by atoms with Crippen LogP contribution in [0.25, 0.3) is 6.08 Å². The molecule has 29 heavy (non-hydrogen) atoms. The zero-order valence-corrected chi connectivity index (χ0v) is 17.6. The molecular formula is C21H20BrN3O4. The highest BCUT2D eigenvalue weighted by atomic mass is 79.9. The van der Waals surface area contributed by atoms with Crippen LogP contribution in [-0.4, -0.2) is 35.9 Å². The maximum absolute atomic E-state index is 12.6. The van der Waals surface area contributed by atoms with Crippen LogP contribution in [0.15, 0.2) is 52.6 Å². The minimum absolute atomic E-state index is 0.0807. The SMILES string of the molecule is CCOc1ccc(Br)cc1/C=C1/NC(=O)N(CC(=O)Nc2ccc(C)cc2)C1=O. The summed E-state index contributed by atoms with van der Waals surface area (Å²) < 4.78 is 6.37. The summed E-state index contributed by atoms with van der Waals surface area (Å²) in [4.78, 5) is 38.0. The first-order valence-corrected chi connectivity index (χ1v) is 9.80. The Labute approximate surface area is 176 Å². The zero-order valence-electron chi connectivity index (χ0n) is 16.0. The number of halogens is 1. The fourth-order valence-electron chi connectivity index (χ4n) is 2.77. The molecule has 0 bridgehead atoms. The molecule has 1 heterocycles. The summed E-state index contributed by atoms with van der Waals surface area (Å²) in [5, 5.41) is 5.19. The Morgan fingerprint density at radius 3 is 2.62 bits per heavy atom. The van der Waals surface area contributed by atoms with Crippen LogP contribution in [0.4, 0.5) is 10.5 Å². The van der Waals surface area contributed by atoms with Crippen LogP contribution in [0.2, 0.25) is 0 Å². The molecule has 7 nitrogen and oxygen atoms in total. The van der Waals surface area contributed by atoms with Gasteiger partial charge < -0.3 is 15.4 Å². The number of urea groups is 1. The molecule has 1 fully saturated rings. The van der Waals surface area contributed by atoms with Crippen LogP contribution in [0.5, 0.6) is 5.75 Å². The van der Waals surface area contributed by atoms with E-state index in [0.29, 0.717) is 23.6 Å². The number of benzene rings is 2. The summed E-state index contributed by atoms with van der Waals surface area (Å²) in [5.41, 5.74) is 2.37. The molecule has 1 aliphatic rings.